The molecule has 1 aliphatic rings. The van der Waals surface area contributed by atoms with Crippen LogP contribution in [0, 0.1) is 6.92 Å². The van der Waals surface area contributed by atoms with Crippen LogP contribution in [0.1, 0.15) is 29.2 Å². The van der Waals surface area contributed by atoms with E-state index in [2.05, 4.69) is 20.2 Å². The maximum absolute atomic E-state index is 12.3. The summed E-state index contributed by atoms with van der Waals surface area (Å²) in [6.45, 7) is 3.18. The number of rotatable bonds is 3. The summed E-state index contributed by atoms with van der Waals surface area (Å²) in [5, 5.41) is 2.93. The van der Waals surface area contributed by atoms with E-state index < -0.39 is 0 Å². The number of anilines is 1. The van der Waals surface area contributed by atoms with E-state index >= 15 is 0 Å². The van der Waals surface area contributed by atoms with Crippen molar-refractivity contribution >= 4 is 11.7 Å². The van der Waals surface area contributed by atoms with E-state index in [1.807, 2.05) is 0 Å². The highest BCUT2D eigenvalue weighted by molar-refractivity contribution is 5.91. The fraction of sp³-hybridized carbons (Fsp3) is 0.375. The fourth-order valence-electron chi connectivity index (χ4n) is 2.73. The number of carbonyl (C=O) groups is 1. The maximum Gasteiger partial charge on any atom is 0.287 e. The highest BCUT2D eigenvalue weighted by atomic mass is 16.3. The SMILES string of the molecule is Cc1cc(=O)cc(C(=O)N[C@@H]2CCCN(c3cnccn3)C2)o1. The van der Waals surface area contributed by atoms with Gasteiger partial charge in [0.1, 0.15) is 11.6 Å². The number of aromatic nitrogens is 2. The third-order valence-electron chi connectivity index (χ3n) is 3.74. The third-order valence-corrected chi connectivity index (χ3v) is 3.74. The Morgan fingerprint density at radius 3 is 3.00 bits per heavy atom. The van der Waals surface area contributed by atoms with Crippen LogP contribution in [0.15, 0.2) is 39.9 Å². The Labute approximate surface area is 133 Å². The summed E-state index contributed by atoms with van der Waals surface area (Å²) in [4.78, 5) is 34.2. The molecule has 23 heavy (non-hydrogen) atoms. The van der Waals surface area contributed by atoms with Crippen LogP contribution in [-0.4, -0.2) is 35.0 Å². The minimum Gasteiger partial charge on any atom is -0.456 e. The number of hydrogen-bond acceptors (Lipinski definition) is 6. The second-order valence-corrected chi connectivity index (χ2v) is 5.59. The lowest BCUT2D eigenvalue weighted by molar-refractivity contribution is 0.0901. The minimum atomic E-state index is -0.364. The molecule has 3 heterocycles. The summed E-state index contributed by atoms with van der Waals surface area (Å²) in [5.74, 6) is 0.907. The quantitative estimate of drug-likeness (QED) is 0.914. The molecular formula is C16H18N4O3. The number of hydrogen-bond donors (Lipinski definition) is 1. The Balaban J connectivity index is 1.67. The first-order valence-electron chi connectivity index (χ1n) is 7.55. The summed E-state index contributed by atoms with van der Waals surface area (Å²) in [5.41, 5.74) is -0.233. The van der Waals surface area contributed by atoms with Crippen LogP contribution >= 0.6 is 0 Å². The van der Waals surface area contributed by atoms with Gasteiger partial charge >= 0.3 is 0 Å². The molecule has 120 valence electrons. The topological polar surface area (TPSA) is 88.3 Å². The number of carbonyl (C=O) groups excluding carboxylic acids is 1. The number of piperidine rings is 1. The normalized spacial score (nSPS) is 17.8. The maximum atomic E-state index is 12.3. The zero-order valence-electron chi connectivity index (χ0n) is 12.9. The van der Waals surface area contributed by atoms with E-state index in [0.29, 0.717) is 12.3 Å². The largest absolute Gasteiger partial charge is 0.456 e. The summed E-state index contributed by atoms with van der Waals surface area (Å²) >= 11 is 0. The molecule has 0 aliphatic carbocycles. The first-order chi connectivity index (χ1) is 11.1. The molecule has 0 bridgehead atoms. The average molecular weight is 314 g/mol. The van der Waals surface area contributed by atoms with E-state index in [-0.39, 0.29) is 23.1 Å². The first-order valence-corrected chi connectivity index (χ1v) is 7.55. The first kappa shape index (κ1) is 15.2. The molecule has 0 saturated carbocycles. The van der Waals surface area contributed by atoms with Gasteiger partial charge in [0.15, 0.2) is 11.2 Å². The van der Waals surface area contributed by atoms with Crippen LogP contribution in [-0.2, 0) is 0 Å². The number of nitrogens with zero attached hydrogens (tertiary/aromatic N) is 3. The van der Waals surface area contributed by atoms with Gasteiger partial charge in [0, 0.05) is 43.7 Å². The molecule has 1 amide bonds. The minimum absolute atomic E-state index is 0.0240. The Morgan fingerprint density at radius 2 is 2.26 bits per heavy atom. The Hall–Kier alpha value is -2.70. The van der Waals surface area contributed by atoms with E-state index in [0.717, 1.165) is 25.2 Å². The highest BCUT2D eigenvalue weighted by Crippen LogP contribution is 2.16. The van der Waals surface area contributed by atoms with Gasteiger partial charge in [-0.1, -0.05) is 0 Å². The lowest BCUT2D eigenvalue weighted by Crippen LogP contribution is -2.48. The lowest BCUT2D eigenvalue weighted by atomic mass is 10.1. The van der Waals surface area contributed by atoms with Crippen molar-refractivity contribution in [2.24, 2.45) is 0 Å². The zero-order chi connectivity index (χ0) is 16.2. The fourth-order valence-corrected chi connectivity index (χ4v) is 2.73. The molecule has 1 saturated heterocycles. The van der Waals surface area contributed by atoms with Crippen LogP contribution < -0.4 is 15.6 Å². The van der Waals surface area contributed by atoms with Crippen molar-refractivity contribution in [1.82, 2.24) is 15.3 Å². The lowest BCUT2D eigenvalue weighted by Gasteiger charge is -2.33. The van der Waals surface area contributed by atoms with Gasteiger partial charge < -0.3 is 14.6 Å². The monoisotopic (exact) mass is 314 g/mol. The number of nitrogens with one attached hydrogen (secondary N) is 1. The van der Waals surface area contributed by atoms with E-state index in [1.54, 1.807) is 25.5 Å². The molecule has 1 aliphatic heterocycles. The molecule has 0 spiro atoms. The summed E-state index contributed by atoms with van der Waals surface area (Å²) in [6, 6.07) is 2.54. The van der Waals surface area contributed by atoms with Gasteiger partial charge in [0.05, 0.1) is 6.20 Å². The van der Waals surface area contributed by atoms with E-state index in [4.69, 9.17) is 4.42 Å². The molecular weight excluding hydrogens is 296 g/mol. The molecule has 1 N–H and O–H groups in total. The van der Waals surface area contributed by atoms with Gasteiger partial charge in [0.2, 0.25) is 0 Å². The van der Waals surface area contributed by atoms with Gasteiger partial charge in [0.25, 0.3) is 5.91 Å². The Bertz CT molecular complexity index is 744. The van der Waals surface area contributed by atoms with Crippen LogP contribution in [0.2, 0.25) is 0 Å². The predicted octanol–water partition coefficient (Wildman–Crippen LogP) is 1.14. The molecule has 2 aromatic heterocycles. The molecule has 2 aromatic rings. The third kappa shape index (κ3) is 3.74. The molecule has 7 heteroatoms. The van der Waals surface area contributed by atoms with Gasteiger partial charge in [-0.15, -0.1) is 0 Å². The molecule has 0 radical (unpaired) electrons. The Kier molecular flexibility index (Phi) is 4.36. The molecule has 0 aromatic carbocycles. The van der Waals surface area contributed by atoms with Crippen molar-refractivity contribution in [2.75, 3.05) is 18.0 Å². The number of aryl methyl sites for hydroxylation is 1. The molecule has 7 nitrogen and oxygen atoms in total. The van der Waals surface area contributed by atoms with Crippen LogP contribution in [0.3, 0.4) is 0 Å². The summed E-state index contributed by atoms with van der Waals surface area (Å²) < 4.78 is 5.32. The molecule has 1 atom stereocenters. The van der Waals surface area contributed by atoms with Crippen LogP contribution in [0.5, 0.6) is 0 Å². The highest BCUT2D eigenvalue weighted by Gasteiger charge is 2.23. The summed E-state index contributed by atoms with van der Waals surface area (Å²) in [6.07, 6.45) is 6.81. The van der Waals surface area contributed by atoms with Gasteiger partial charge in [-0.05, 0) is 19.8 Å². The van der Waals surface area contributed by atoms with Crippen molar-refractivity contribution in [1.29, 1.82) is 0 Å². The van der Waals surface area contributed by atoms with Crippen molar-refractivity contribution in [3.05, 3.63) is 52.5 Å². The van der Waals surface area contributed by atoms with Gasteiger partial charge in [-0.2, -0.15) is 0 Å². The van der Waals surface area contributed by atoms with Gasteiger partial charge in [-0.3, -0.25) is 14.6 Å². The second kappa shape index (κ2) is 6.60. The van der Waals surface area contributed by atoms with Gasteiger partial charge in [-0.25, -0.2) is 4.98 Å². The number of amides is 1. The van der Waals surface area contributed by atoms with Crippen LogP contribution in [0.4, 0.5) is 5.82 Å². The summed E-state index contributed by atoms with van der Waals surface area (Å²) in [7, 11) is 0. The van der Waals surface area contributed by atoms with Crippen molar-refractivity contribution in [2.45, 2.75) is 25.8 Å². The van der Waals surface area contributed by atoms with Crippen molar-refractivity contribution in [3.63, 3.8) is 0 Å². The zero-order valence-corrected chi connectivity index (χ0v) is 12.9. The smallest absolute Gasteiger partial charge is 0.287 e. The van der Waals surface area contributed by atoms with E-state index in [9.17, 15) is 9.59 Å². The Morgan fingerprint density at radius 1 is 1.39 bits per heavy atom. The van der Waals surface area contributed by atoms with E-state index in [1.165, 1.54) is 12.1 Å². The van der Waals surface area contributed by atoms with Crippen molar-refractivity contribution in [3.8, 4) is 0 Å². The molecule has 0 unspecified atom stereocenters. The predicted molar refractivity (Wildman–Crippen MR) is 84.4 cm³/mol. The molecule has 1 fully saturated rings. The van der Waals surface area contributed by atoms with Crippen LogP contribution in [0.25, 0.3) is 0 Å². The second-order valence-electron chi connectivity index (χ2n) is 5.59. The average Bonchev–Trinajstić information content (AvgIpc) is 2.55. The molecule has 3 rings (SSSR count). The van der Waals surface area contributed by atoms with Crippen molar-refractivity contribution < 1.29 is 9.21 Å². The standard InChI is InChI=1S/C16H18N4O3/c1-11-7-13(21)8-14(23-11)16(22)19-12-3-2-6-20(10-12)15-9-17-4-5-18-15/h4-5,7-9,12H,2-3,6,10H2,1H3,(H,19,22)/t12-/m1/s1.